The van der Waals surface area contributed by atoms with Crippen molar-refractivity contribution in [3.8, 4) is 5.88 Å². The van der Waals surface area contributed by atoms with E-state index in [2.05, 4.69) is 20.9 Å². The van der Waals surface area contributed by atoms with Gasteiger partial charge in [0.2, 0.25) is 5.88 Å². The van der Waals surface area contributed by atoms with Crippen molar-refractivity contribution in [2.45, 2.75) is 19.4 Å². The number of likely N-dealkylation sites (tertiary alicyclic amines) is 1. The zero-order chi connectivity index (χ0) is 18.0. The van der Waals surface area contributed by atoms with Gasteiger partial charge in [-0.15, -0.1) is 0 Å². The van der Waals surface area contributed by atoms with Gasteiger partial charge in [-0.25, -0.2) is 9.78 Å². The summed E-state index contributed by atoms with van der Waals surface area (Å²) in [6.07, 6.45) is 2.08. The minimum atomic E-state index is -0.755. The molecule has 0 aliphatic carbocycles. The quantitative estimate of drug-likeness (QED) is 0.696. The molecule has 4 amide bonds. The second kappa shape index (κ2) is 7.38. The summed E-state index contributed by atoms with van der Waals surface area (Å²) in [5.74, 6) is -0.897. The molecule has 2 fully saturated rings. The second-order valence-electron chi connectivity index (χ2n) is 5.89. The van der Waals surface area contributed by atoms with Crippen molar-refractivity contribution in [2.75, 3.05) is 32.7 Å². The average Bonchev–Trinajstić information content (AvgIpc) is 3.07. The van der Waals surface area contributed by atoms with Crippen LogP contribution in [0.1, 0.15) is 13.3 Å². The Balaban J connectivity index is 1.60. The summed E-state index contributed by atoms with van der Waals surface area (Å²) in [7, 11) is 0. The van der Waals surface area contributed by atoms with E-state index in [0.29, 0.717) is 38.5 Å². The first-order valence-electron chi connectivity index (χ1n) is 8.18. The lowest BCUT2D eigenvalue weighted by Gasteiger charge is -2.33. The van der Waals surface area contributed by atoms with Crippen molar-refractivity contribution >= 4 is 33.8 Å². The predicted octanol–water partition coefficient (Wildman–Crippen LogP) is 1.11. The number of pyridine rings is 1. The second-order valence-corrected chi connectivity index (χ2v) is 6.74. The highest BCUT2D eigenvalue weighted by molar-refractivity contribution is 9.10. The minimum Gasteiger partial charge on any atom is -0.472 e. The number of hydrogen-bond acceptors (Lipinski definition) is 5. The maximum Gasteiger partial charge on any atom is 0.327 e. The summed E-state index contributed by atoms with van der Waals surface area (Å²) in [6.45, 7) is 3.71. The number of amides is 4. The molecule has 0 aromatic carbocycles. The zero-order valence-electron chi connectivity index (χ0n) is 13.9. The van der Waals surface area contributed by atoms with Crippen LogP contribution in [0.4, 0.5) is 4.79 Å². The fourth-order valence-corrected chi connectivity index (χ4v) is 3.29. The summed E-state index contributed by atoms with van der Waals surface area (Å²) in [4.78, 5) is 44.9. The minimum absolute atomic E-state index is 0.196. The van der Waals surface area contributed by atoms with Gasteiger partial charge >= 0.3 is 17.8 Å². The van der Waals surface area contributed by atoms with Gasteiger partial charge in [-0.2, -0.15) is 0 Å². The monoisotopic (exact) mass is 410 g/mol. The van der Waals surface area contributed by atoms with Gasteiger partial charge in [0, 0.05) is 38.8 Å². The van der Waals surface area contributed by atoms with Gasteiger partial charge in [-0.05, 0) is 35.0 Å². The van der Waals surface area contributed by atoms with Crippen molar-refractivity contribution in [1.29, 1.82) is 0 Å². The van der Waals surface area contributed by atoms with Crippen molar-refractivity contribution in [3.05, 3.63) is 22.8 Å². The normalized spacial score (nSPS) is 21.0. The number of aromatic nitrogens is 1. The Labute approximate surface area is 153 Å². The third kappa shape index (κ3) is 3.60. The fourth-order valence-electron chi connectivity index (χ4n) is 2.94. The molecule has 1 aromatic rings. The van der Waals surface area contributed by atoms with Crippen LogP contribution in [0.3, 0.4) is 0 Å². The molecule has 0 saturated carbocycles. The molecule has 0 unspecified atom stereocenters. The van der Waals surface area contributed by atoms with Crippen molar-refractivity contribution in [3.63, 3.8) is 0 Å². The SMILES string of the molecule is CCN1CCN(C(=O)N2CC[C@@H](Oc3ncccc3Br)C2)C(=O)C1=O. The van der Waals surface area contributed by atoms with Crippen LogP contribution in [0.5, 0.6) is 5.88 Å². The Morgan fingerprint density at radius 2 is 2.12 bits per heavy atom. The van der Waals surface area contributed by atoms with Gasteiger partial charge in [0.1, 0.15) is 6.10 Å². The number of hydrogen-bond donors (Lipinski definition) is 0. The highest BCUT2D eigenvalue weighted by Gasteiger charge is 2.39. The van der Waals surface area contributed by atoms with Gasteiger partial charge in [0.25, 0.3) is 0 Å². The van der Waals surface area contributed by atoms with E-state index in [1.54, 1.807) is 24.1 Å². The maximum absolute atomic E-state index is 12.6. The number of imide groups is 1. The predicted molar refractivity (Wildman–Crippen MR) is 91.9 cm³/mol. The van der Waals surface area contributed by atoms with Crippen LogP contribution in [0.2, 0.25) is 0 Å². The molecular weight excluding hydrogens is 392 g/mol. The summed E-state index contributed by atoms with van der Waals surface area (Å²) < 4.78 is 6.57. The first-order chi connectivity index (χ1) is 12.0. The number of nitrogens with zero attached hydrogens (tertiary/aromatic N) is 4. The number of likely N-dealkylation sites (N-methyl/N-ethyl adjacent to an activating group) is 1. The van der Waals surface area contributed by atoms with E-state index in [1.807, 2.05) is 6.07 Å². The number of rotatable bonds is 3. The molecular formula is C16H19BrN4O4. The molecule has 8 nitrogen and oxygen atoms in total. The standard InChI is InChI=1S/C16H19BrN4O4/c1-2-19-8-9-21(15(23)14(19)22)16(24)20-7-5-11(10-20)25-13-12(17)4-3-6-18-13/h3-4,6,11H,2,5,7-10H2,1H3/t11-/m1/s1. The summed E-state index contributed by atoms with van der Waals surface area (Å²) in [6, 6.07) is 3.19. The molecule has 2 aliphatic rings. The van der Waals surface area contributed by atoms with Crippen LogP contribution in [0.15, 0.2) is 22.8 Å². The van der Waals surface area contributed by atoms with E-state index in [1.165, 1.54) is 4.90 Å². The van der Waals surface area contributed by atoms with Gasteiger partial charge in [0.05, 0.1) is 11.0 Å². The molecule has 0 radical (unpaired) electrons. The first kappa shape index (κ1) is 17.7. The summed E-state index contributed by atoms with van der Waals surface area (Å²) >= 11 is 3.37. The van der Waals surface area contributed by atoms with Crippen molar-refractivity contribution < 1.29 is 19.1 Å². The third-order valence-electron chi connectivity index (χ3n) is 4.34. The number of urea groups is 1. The number of carbonyl (C=O) groups excluding carboxylic acids is 3. The van der Waals surface area contributed by atoms with E-state index in [4.69, 9.17) is 4.74 Å². The van der Waals surface area contributed by atoms with Gasteiger partial charge in [0.15, 0.2) is 0 Å². The lowest BCUT2D eigenvalue weighted by atomic mass is 10.3. The van der Waals surface area contributed by atoms with Crippen LogP contribution in [0, 0.1) is 0 Å². The van der Waals surface area contributed by atoms with E-state index < -0.39 is 17.8 Å². The number of ether oxygens (including phenoxy) is 1. The van der Waals surface area contributed by atoms with Gasteiger partial charge in [-0.1, -0.05) is 0 Å². The molecule has 1 aromatic heterocycles. The molecule has 134 valence electrons. The summed E-state index contributed by atoms with van der Waals surface area (Å²) in [5.41, 5.74) is 0. The van der Waals surface area contributed by atoms with Gasteiger partial charge in [-0.3, -0.25) is 14.5 Å². The average molecular weight is 411 g/mol. The maximum atomic E-state index is 12.6. The van der Waals surface area contributed by atoms with Crippen LogP contribution < -0.4 is 4.74 Å². The molecule has 0 bridgehead atoms. The van der Waals surface area contributed by atoms with Gasteiger partial charge < -0.3 is 14.5 Å². The van der Waals surface area contributed by atoms with Crippen LogP contribution in [-0.2, 0) is 9.59 Å². The first-order valence-corrected chi connectivity index (χ1v) is 8.97. The molecule has 25 heavy (non-hydrogen) atoms. The Bertz CT molecular complexity index is 698. The molecule has 9 heteroatoms. The lowest BCUT2D eigenvalue weighted by Crippen LogP contribution is -2.58. The van der Waals surface area contributed by atoms with E-state index in [9.17, 15) is 14.4 Å². The highest BCUT2D eigenvalue weighted by Crippen LogP contribution is 2.25. The number of carbonyl (C=O) groups is 3. The topological polar surface area (TPSA) is 83.0 Å². The number of halogens is 1. The lowest BCUT2D eigenvalue weighted by molar-refractivity contribution is -0.153. The molecule has 2 aliphatic heterocycles. The third-order valence-corrected chi connectivity index (χ3v) is 4.94. The smallest absolute Gasteiger partial charge is 0.327 e. The van der Waals surface area contributed by atoms with Crippen molar-refractivity contribution in [1.82, 2.24) is 19.7 Å². The number of piperazine rings is 1. The molecule has 3 heterocycles. The Morgan fingerprint density at radius 1 is 1.32 bits per heavy atom. The largest absolute Gasteiger partial charge is 0.472 e. The van der Waals surface area contributed by atoms with E-state index in [-0.39, 0.29) is 12.6 Å². The molecule has 2 saturated heterocycles. The molecule has 0 spiro atoms. The van der Waals surface area contributed by atoms with E-state index >= 15 is 0 Å². The Hall–Kier alpha value is -2.16. The zero-order valence-corrected chi connectivity index (χ0v) is 15.4. The Morgan fingerprint density at radius 3 is 2.84 bits per heavy atom. The summed E-state index contributed by atoms with van der Waals surface area (Å²) in [5, 5.41) is 0. The molecule has 3 rings (SSSR count). The van der Waals surface area contributed by atoms with Crippen LogP contribution >= 0.6 is 15.9 Å². The van der Waals surface area contributed by atoms with Crippen LogP contribution in [-0.4, -0.2) is 76.4 Å². The van der Waals surface area contributed by atoms with Crippen LogP contribution in [0.25, 0.3) is 0 Å². The molecule has 0 N–H and O–H groups in total. The Kier molecular flexibility index (Phi) is 5.22. The fraction of sp³-hybridized carbons (Fsp3) is 0.500. The van der Waals surface area contributed by atoms with Crippen molar-refractivity contribution in [2.24, 2.45) is 0 Å². The van der Waals surface area contributed by atoms with E-state index in [0.717, 1.165) is 9.37 Å². The highest BCUT2D eigenvalue weighted by atomic mass is 79.9. The molecule has 1 atom stereocenters.